The fourth-order valence-corrected chi connectivity index (χ4v) is 6.74. The van der Waals surface area contributed by atoms with Gasteiger partial charge in [-0.25, -0.2) is 4.39 Å². The van der Waals surface area contributed by atoms with E-state index in [1.807, 2.05) is 41.3 Å². The zero-order valence-corrected chi connectivity index (χ0v) is 23.3. The standard InChI is InChI=1S/C30H31ClFN2O3P/c1-38(2,37)29-8-4-3-7-24(29)20-11-12-28(25(15-20)19-9-10-19)34-13-5-6-21(30(34)36)14-23(35)17-27-26(32)16-22(31)18-33-27/h3-4,7-8,11-12,15-16,18-19,21H,5-6,9-10,13-14,17H2,1-2H3/t21-/m0/s1. The van der Waals surface area contributed by atoms with Gasteiger partial charge in [-0.1, -0.05) is 41.9 Å². The Kier molecular flexibility index (Phi) is 7.57. The monoisotopic (exact) mass is 552 g/mol. The van der Waals surface area contributed by atoms with E-state index in [0.29, 0.717) is 18.9 Å². The molecule has 1 atom stereocenters. The van der Waals surface area contributed by atoms with Crippen molar-refractivity contribution in [3.63, 3.8) is 0 Å². The van der Waals surface area contributed by atoms with Crippen LogP contribution in [0.15, 0.2) is 54.7 Å². The highest BCUT2D eigenvalue weighted by atomic mass is 35.5. The summed E-state index contributed by atoms with van der Waals surface area (Å²) in [5.41, 5.74) is 4.05. The normalized spacial score (nSPS) is 18.1. The van der Waals surface area contributed by atoms with Crippen LogP contribution in [0.2, 0.25) is 5.02 Å². The van der Waals surface area contributed by atoms with Crippen molar-refractivity contribution in [2.45, 2.75) is 44.4 Å². The Morgan fingerprint density at radius 2 is 1.89 bits per heavy atom. The first-order valence-electron chi connectivity index (χ1n) is 13.0. The second kappa shape index (κ2) is 10.7. The van der Waals surface area contributed by atoms with Gasteiger partial charge in [-0.05, 0) is 79.8 Å². The molecule has 3 aromatic rings. The SMILES string of the molecule is CP(C)(=O)c1ccccc1-c1ccc(N2CCC[C@@H](CC(=O)Cc3ncc(Cl)cc3F)C2=O)c(C2CC2)c1. The van der Waals surface area contributed by atoms with E-state index in [2.05, 4.69) is 11.1 Å². The quantitative estimate of drug-likeness (QED) is 0.295. The summed E-state index contributed by atoms with van der Waals surface area (Å²) in [7, 11) is -2.48. The third-order valence-electron chi connectivity index (χ3n) is 7.40. The molecule has 0 radical (unpaired) electrons. The molecule has 1 saturated heterocycles. The molecule has 0 spiro atoms. The lowest BCUT2D eigenvalue weighted by molar-refractivity contribution is -0.128. The van der Waals surface area contributed by atoms with Crippen LogP contribution in [0.1, 0.15) is 49.3 Å². The minimum absolute atomic E-state index is 0.0510. The lowest BCUT2D eigenvalue weighted by Crippen LogP contribution is -2.42. The molecule has 2 aromatic carbocycles. The van der Waals surface area contributed by atoms with Gasteiger partial charge < -0.3 is 9.46 Å². The first-order chi connectivity index (χ1) is 18.1. The Labute approximate surface area is 227 Å². The van der Waals surface area contributed by atoms with Crippen molar-refractivity contribution in [3.05, 3.63) is 76.8 Å². The summed E-state index contributed by atoms with van der Waals surface area (Å²) in [5.74, 6) is -0.931. The Hall–Kier alpha value is -2.82. The van der Waals surface area contributed by atoms with E-state index in [1.54, 1.807) is 13.3 Å². The number of halogens is 2. The van der Waals surface area contributed by atoms with Gasteiger partial charge in [-0.15, -0.1) is 0 Å². The lowest BCUT2D eigenvalue weighted by Gasteiger charge is -2.34. The number of aromatic nitrogens is 1. The summed E-state index contributed by atoms with van der Waals surface area (Å²) in [5, 5.41) is 1.03. The first-order valence-corrected chi connectivity index (χ1v) is 16.0. The molecule has 0 N–H and O–H groups in total. The zero-order valence-electron chi connectivity index (χ0n) is 21.6. The maximum absolute atomic E-state index is 14.1. The van der Waals surface area contributed by atoms with Crippen molar-refractivity contribution in [1.29, 1.82) is 0 Å². The number of anilines is 1. The Morgan fingerprint density at radius 3 is 2.61 bits per heavy atom. The number of hydrogen-bond donors (Lipinski definition) is 0. The largest absolute Gasteiger partial charge is 0.319 e. The second-order valence-electron chi connectivity index (χ2n) is 10.7. The molecule has 0 bridgehead atoms. The number of nitrogens with zero attached hydrogens (tertiary/aromatic N) is 2. The molecule has 1 aliphatic heterocycles. The minimum Gasteiger partial charge on any atom is -0.319 e. The van der Waals surface area contributed by atoms with E-state index >= 15 is 0 Å². The number of carbonyl (C=O) groups excluding carboxylic acids is 2. The van der Waals surface area contributed by atoms with E-state index in [0.717, 1.165) is 53.0 Å². The van der Waals surface area contributed by atoms with Crippen LogP contribution in [0.25, 0.3) is 11.1 Å². The fraction of sp³-hybridized carbons (Fsp3) is 0.367. The number of benzene rings is 2. The second-order valence-corrected chi connectivity index (χ2v) is 14.4. The van der Waals surface area contributed by atoms with Crippen molar-refractivity contribution >= 4 is 41.4 Å². The maximum atomic E-state index is 14.1. The third kappa shape index (κ3) is 5.77. The molecule has 2 fully saturated rings. The topological polar surface area (TPSA) is 67.3 Å². The molecule has 1 aliphatic carbocycles. The molecular weight excluding hydrogens is 522 g/mol. The molecule has 0 unspecified atom stereocenters. The van der Waals surface area contributed by atoms with Crippen LogP contribution >= 0.6 is 18.7 Å². The van der Waals surface area contributed by atoms with Gasteiger partial charge in [0.2, 0.25) is 5.91 Å². The molecule has 5 nitrogen and oxygen atoms in total. The van der Waals surface area contributed by atoms with Crippen molar-refractivity contribution in [2.75, 3.05) is 24.8 Å². The number of amides is 1. The predicted molar refractivity (Wildman–Crippen MR) is 151 cm³/mol. The number of pyridine rings is 1. The van der Waals surface area contributed by atoms with Gasteiger partial charge in [0.15, 0.2) is 0 Å². The van der Waals surface area contributed by atoms with Crippen molar-refractivity contribution < 1.29 is 18.5 Å². The smallest absolute Gasteiger partial charge is 0.230 e. The van der Waals surface area contributed by atoms with E-state index in [9.17, 15) is 18.5 Å². The number of hydrogen-bond acceptors (Lipinski definition) is 4. The van der Waals surface area contributed by atoms with E-state index in [1.165, 1.54) is 6.20 Å². The molecule has 2 aliphatic rings. The summed E-state index contributed by atoms with van der Waals surface area (Å²) >= 11 is 5.76. The Balaban J connectivity index is 1.38. The predicted octanol–water partition coefficient (Wildman–Crippen LogP) is 6.61. The van der Waals surface area contributed by atoms with Crippen molar-refractivity contribution in [3.8, 4) is 11.1 Å². The Bertz CT molecular complexity index is 1450. The van der Waals surface area contributed by atoms with Crippen molar-refractivity contribution in [2.24, 2.45) is 5.92 Å². The van der Waals surface area contributed by atoms with Crippen LogP contribution in [0.3, 0.4) is 0 Å². The zero-order chi connectivity index (χ0) is 27.0. The Morgan fingerprint density at radius 1 is 1.13 bits per heavy atom. The first kappa shape index (κ1) is 26.8. The number of ketones is 1. The minimum atomic E-state index is -2.48. The van der Waals surface area contributed by atoms with Crippen LogP contribution < -0.4 is 10.2 Å². The highest BCUT2D eigenvalue weighted by Gasteiger charge is 2.35. The van der Waals surface area contributed by atoms with E-state index in [4.69, 9.17) is 11.6 Å². The highest BCUT2D eigenvalue weighted by molar-refractivity contribution is 7.70. The molecular formula is C30H31ClFN2O3P. The molecule has 1 amide bonds. The number of piperidine rings is 1. The van der Waals surface area contributed by atoms with Gasteiger partial charge in [-0.3, -0.25) is 14.6 Å². The van der Waals surface area contributed by atoms with Crippen LogP contribution in [-0.2, 0) is 20.6 Å². The fourth-order valence-electron chi connectivity index (χ4n) is 5.36. The van der Waals surface area contributed by atoms with Crippen molar-refractivity contribution in [1.82, 2.24) is 4.98 Å². The summed E-state index contributed by atoms with van der Waals surface area (Å²) in [6.45, 7) is 4.17. The lowest BCUT2D eigenvalue weighted by atomic mass is 9.89. The van der Waals surface area contributed by atoms with E-state index in [-0.39, 0.29) is 35.2 Å². The van der Waals surface area contributed by atoms with Gasteiger partial charge in [0, 0.05) is 36.1 Å². The van der Waals surface area contributed by atoms with Gasteiger partial charge in [0.1, 0.15) is 18.7 Å². The van der Waals surface area contributed by atoms with Gasteiger partial charge in [0.05, 0.1) is 17.1 Å². The summed E-state index contributed by atoms with van der Waals surface area (Å²) in [4.78, 5) is 32.1. The molecule has 5 rings (SSSR count). The van der Waals surface area contributed by atoms with Crippen LogP contribution in [0.5, 0.6) is 0 Å². The average molecular weight is 553 g/mol. The molecule has 198 valence electrons. The summed E-state index contributed by atoms with van der Waals surface area (Å²) in [6, 6.07) is 15.1. The van der Waals surface area contributed by atoms with E-state index < -0.39 is 18.9 Å². The summed E-state index contributed by atoms with van der Waals surface area (Å²) < 4.78 is 27.1. The number of carbonyl (C=O) groups is 2. The molecule has 38 heavy (non-hydrogen) atoms. The van der Waals surface area contributed by atoms with Crippen LogP contribution in [0.4, 0.5) is 10.1 Å². The highest BCUT2D eigenvalue weighted by Crippen LogP contribution is 2.47. The average Bonchev–Trinajstić information content (AvgIpc) is 3.72. The van der Waals surface area contributed by atoms with Gasteiger partial charge in [0.25, 0.3) is 0 Å². The molecule has 1 aromatic heterocycles. The summed E-state index contributed by atoms with van der Waals surface area (Å²) in [6.07, 6.45) is 4.79. The molecule has 2 heterocycles. The number of Topliss-reactive ketones (excluding diaryl/α,β-unsaturated/α-hetero) is 1. The third-order valence-corrected chi connectivity index (χ3v) is 9.16. The van der Waals surface area contributed by atoms with Gasteiger partial charge >= 0.3 is 0 Å². The number of rotatable bonds is 8. The molecule has 8 heteroatoms. The maximum Gasteiger partial charge on any atom is 0.230 e. The van der Waals surface area contributed by atoms with Gasteiger partial charge in [-0.2, -0.15) is 0 Å². The molecule has 1 saturated carbocycles. The van der Waals surface area contributed by atoms with Crippen LogP contribution in [0, 0.1) is 11.7 Å². The van der Waals surface area contributed by atoms with Crippen LogP contribution in [-0.4, -0.2) is 36.5 Å².